The largest absolute Gasteiger partial charge is 0.370 e. The van der Waals surface area contributed by atoms with Gasteiger partial charge in [-0.05, 0) is 25.1 Å². The Morgan fingerprint density at radius 1 is 1.10 bits per heavy atom. The number of halogens is 1. The standard InChI is InChI=1S/C16H21BrN4/c1-5-18-13-10-14(21-15(20-13)16(2,3)4)19-12-8-6-7-11(17)9-12/h6-10H,5H2,1-4H3,(H2,18,19,20,21). The molecule has 2 rings (SSSR count). The Morgan fingerprint density at radius 3 is 2.43 bits per heavy atom. The normalized spacial score (nSPS) is 11.3. The summed E-state index contributed by atoms with van der Waals surface area (Å²) in [6.45, 7) is 9.22. The van der Waals surface area contributed by atoms with E-state index in [0.717, 1.165) is 34.2 Å². The second-order valence-corrected chi connectivity index (χ2v) is 6.79. The molecule has 5 heteroatoms. The van der Waals surface area contributed by atoms with E-state index in [0.29, 0.717) is 0 Å². The summed E-state index contributed by atoms with van der Waals surface area (Å²) >= 11 is 3.48. The minimum absolute atomic E-state index is 0.0981. The topological polar surface area (TPSA) is 49.8 Å². The highest BCUT2D eigenvalue weighted by Crippen LogP contribution is 2.25. The highest BCUT2D eigenvalue weighted by Gasteiger charge is 2.19. The van der Waals surface area contributed by atoms with Gasteiger partial charge in [0.2, 0.25) is 0 Å². The molecule has 0 spiro atoms. The van der Waals surface area contributed by atoms with Crippen molar-refractivity contribution in [2.45, 2.75) is 33.1 Å². The number of anilines is 3. The molecule has 2 aromatic rings. The second kappa shape index (κ2) is 6.43. The van der Waals surface area contributed by atoms with E-state index >= 15 is 0 Å². The maximum absolute atomic E-state index is 4.63. The van der Waals surface area contributed by atoms with Gasteiger partial charge in [0.1, 0.15) is 17.5 Å². The van der Waals surface area contributed by atoms with Crippen LogP contribution in [0.4, 0.5) is 17.3 Å². The number of nitrogens with zero attached hydrogens (tertiary/aromatic N) is 2. The van der Waals surface area contributed by atoms with Crippen LogP contribution in [0.3, 0.4) is 0 Å². The lowest BCUT2D eigenvalue weighted by molar-refractivity contribution is 0.547. The third-order valence-corrected chi connectivity index (χ3v) is 3.35. The van der Waals surface area contributed by atoms with E-state index in [9.17, 15) is 0 Å². The first-order valence-electron chi connectivity index (χ1n) is 7.04. The molecular weight excluding hydrogens is 328 g/mol. The van der Waals surface area contributed by atoms with Gasteiger partial charge in [-0.2, -0.15) is 0 Å². The summed E-state index contributed by atoms with van der Waals surface area (Å²) in [5, 5.41) is 6.59. The first kappa shape index (κ1) is 15.8. The predicted molar refractivity (Wildman–Crippen MR) is 92.3 cm³/mol. The molecule has 0 unspecified atom stereocenters. The zero-order valence-electron chi connectivity index (χ0n) is 12.9. The lowest BCUT2D eigenvalue weighted by atomic mass is 9.96. The lowest BCUT2D eigenvalue weighted by Crippen LogP contribution is -2.18. The summed E-state index contributed by atoms with van der Waals surface area (Å²) in [4.78, 5) is 9.22. The SMILES string of the molecule is CCNc1cc(Nc2cccc(Br)c2)nc(C(C)(C)C)n1. The molecule has 0 atom stereocenters. The summed E-state index contributed by atoms with van der Waals surface area (Å²) in [6.07, 6.45) is 0. The molecular formula is C16H21BrN4. The third-order valence-electron chi connectivity index (χ3n) is 2.85. The molecule has 0 saturated heterocycles. The van der Waals surface area contributed by atoms with E-state index in [2.05, 4.69) is 64.2 Å². The average Bonchev–Trinajstić information content (AvgIpc) is 2.37. The molecule has 21 heavy (non-hydrogen) atoms. The number of hydrogen-bond acceptors (Lipinski definition) is 4. The van der Waals surface area contributed by atoms with Gasteiger partial charge in [-0.1, -0.05) is 42.8 Å². The summed E-state index contributed by atoms with van der Waals surface area (Å²) in [7, 11) is 0. The fourth-order valence-electron chi connectivity index (χ4n) is 1.83. The molecule has 0 radical (unpaired) electrons. The maximum atomic E-state index is 4.63. The Kier molecular flexibility index (Phi) is 4.83. The van der Waals surface area contributed by atoms with Crippen LogP contribution in [0.1, 0.15) is 33.5 Å². The van der Waals surface area contributed by atoms with Gasteiger partial charge < -0.3 is 10.6 Å². The van der Waals surface area contributed by atoms with Crippen LogP contribution >= 0.6 is 15.9 Å². The monoisotopic (exact) mass is 348 g/mol. The molecule has 1 aromatic heterocycles. The smallest absolute Gasteiger partial charge is 0.138 e. The van der Waals surface area contributed by atoms with Crippen LogP contribution in [0, 0.1) is 0 Å². The van der Waals surface area contributed by atoms with Crippen molar-refractivity contribution < 1.29 is 0 Å². The van der Waals surface area contributed by atoms with Crippen molar-refractivity contribution in [1.82, 2.24) is 9.97 Å². The molecule has 112 valence electrons. The van der Waals surface area contributed by atoms with E-state index in [1.54, 1.807) is 0 Å². The summed E-state index contributed by atoms with van der Waals surface area (Å²) in [5.41, 5.74) is 0.893. The molecule has 0 aliphatic heterocycles. The van der Waals surface area contributed by atoms with Crippen LogP contribution in [-0.2, 0) is 5.41 Å². The summed E-state index contributed by atoms with van der Waals surface area (Å²) in [6, 6.07) is 9.95. The van der Waals surface area contributed by atoms with Crippen LogP contribution in [-0.4, -0.2) is 16.5 Å². The van der Waals surface area contributed by atoms with E-state index in [-0.39, 0.29) is 5.41 Å². The number of benzene rings is 1. The van der Waals surface area contributed by atoms with Gasteiger partial charge in [-0.3, -0.25) is 0 Å². The fraction of sp³-hybridized carbons (Fsp3) is 0.375. The molecule has 0 aliphatic rings. The van der Waals surface area contributed by atoms with Gasteiger partial charge in [0.05, 0.1) is 0 Å². The molecule has 1 aromatic carbocycles. The van der Waals surface area contributed by atoms with Gasteiger partial charge in [0, 0.05) is 28.2 Å². The van der Waals surface area contributed by atoms with Crippen molar-refractivity contribution in [3.8, 4) is 0 Å². The van der Waals surface area contributed by atoms with Gasteiger partial charge in [-0.25, -0.2) is 9.97 Å². The van der Waals surface area contributed by atoms with Crippen LogP contribution in [0.5, 0.6) is 0 Å². The van der Waals surface area contributed by atoms with Gasteiger partial charge in [0.25, 0.3) is 0 Å². The molecule has 0 fully saturated rings. The maximum Gasteiger partial charge on any atom is 0.138 e. The molecule has 1 heterocycles. The minimum atomic E-state index is -0.0981. The fourth-order valence-corrected chi connectivity index (χ4v) is 2.23. The van der Waals surface area contributed by atoms with E-state index < -0.39 is 0 Å². The Labute approximate surface area is 134 Å². The first-order valence-corrected chi connectivity index (χ1v) is 7.84. The van der Waals surface area contributed by atoms with Gasteiger partial charge in [-0.15, -0.1) is 0 Å². The molecule has 0 amide bonds. The second-order valence-electron chi connectivity index (χ2n) is 5.88. The van der Waals surface area contributed by atoms with Crippen molar-refractivity contribution in [3.63, 3.8) is 0 Å². The Balaban J connectivity index is 2.35. The lowest BCUT2D eigenvalue weighted by Gasteiger charge is -2.19. The zero-order chi connectivity index (χ0) is 15.5. The van der Waals surface area contributed by atoms with Crippen LogP contribution in [0.25, 0.3) is 0 Å². The van der Waals surface area contributed by atoms with Crippen LogP contribution in [0.15, 0.2) is 34.8 Å². The van der Waals surface area contributed by atoms with Crippen molar-refractivity contribution in [2.75, 3.05) is 17.2 Å². The minimum Gasteiger partial charge on any atom is -0.370 e. The average molecular weight is 349 g/mol. The Hall–Kier alpha value is -1.62. The summed E-state index contributed by atoms with van der Waals surface area (Å²) < 4.78 is 1.03. The predicted octanol–water partition coefficient (Wildman–Crippen LogP) is 4.71. The van der Waals surface area contributed by atoms with E-state index in [1.165, 1.54) is 0 Å². The number of hydrogen-bond donors (Lipinski definition) is 2. The van der Waals surface area contributed by atoms with Gasteiger partial charge in [0.15, 0.2) is 0 Å². The van der Waals surface area contributed by atoms with Crippen molar-refractivity contribution in [1.29, 1.82) is 0 Å². The van der Waals surface area contributed by atoms with Gasteiger partial charge >= 0.3 is 0 Å². The van der Waals surface area contributed by atoms with Crippen LogP contribution < -0.4 is 10.6 Å². The Morgan fingerprint density at radius 2 is 1.81 bits per heavy atom. The molecule has 0 aliphatic carbocycles. The highest BCUT2D eigenvalue weighted by molar-refractivity contribution is 9.10. The molecule has 2 N–H and O–H groups in total. The first-order chi connectivity index (χ1) is 9.88. The zero-order valence-corrected chi connectivity index (χ0v) is 14.5. The van der Waals surface area contributed by atoms with Crippen molar-refractivity contribution >= 4 is 33.3 Å². The number of nitrogens with one attached hydrogen (secondary N) is 2. The molecule has 4 nitrogen and oxygen atoms in total. The number of aromatic nitrogens is 2. The van der Waals surface area contributed by atoms with E-state index in [4.69, 9.17) is 0 Å². The third kappa shape index (κ3) is 4.43. The van der Waals surface area contributed by atoms with E-state index in [1.807, 2.05) is 30.3 Å². The van der Waals surface area contributed by atoms with Crippen molar-refractivity contribution in [3.05, 3.63) is 40.6 Å². The highest BCUT2D eigenvalue weighted by atomic mass is 79.9. The van der Waals surface area contributed by atoms with Crippen molar-refractivity contribution in [2.24, 2.45) is 0 Å². The molecule has 0 saturated carbocycles. The summed E-state index contributed by atoms with van der Waals surface area (Å²) in [5.74, 6) is 2.46. The van der Waals surface area contributed by atoms with Crippen LogP contribution in [0.2, 0.25) is 0 Å². The molecule has 0 bridgehead atoms. The number of rotatable bonds is 4. The Bertz CT molecular complexity index is 620. The quantitative estimate of drug-likeness (QED) is 0.839.